The second kappa shape index (κ2) is 7.67. The molecule has 8 atom stereocenters. The Labute approximate surface area is 154 Å². The fraction of sp³-hybridized carbons (Fsp3) is 0.944. The van der Waals surface area contributed by atoms with Crippen molar-refractivity contribution in [3.8, 4) is 0 Å². The molecule has 4 N–H and O–H groups in total. The summed E-state index contributed by atoms with van der Waals surface area (Å²) >= 11 is 0. The number of hydrogen-bond acceptors (Lipinski definition) is 6. The normalized spacial score (nSPS) is 46.4. The molecule has 2 saturated carbocycles. The largest absolute Gasteiger partial charge is 0.353 e. The topological polar surface area (TPSA) is 77.7 Å². The molecule has 7 nitrogen and oxygen atoms in total. The first-order valence-electron chi connectivity index (χ1n) is 10.1. The first-order chi connectivity index (χ1) is 12.6. The quantitative estimate of drug-likeness (QED) is 0.578. The summed E-state index contributed by atoms with van der Waals surface area (Å²) in [5.41, 5.74) is 6.16. The Morgan fingerprint density at radius 1 is 1.23 bits per heavy atom. The van der Waals surface area contributed by atoms with Gasteiger partial charge in [0.05, 0.1) is 12.1 Å². The number of nitrogens with zero attached hydrogens (tertiary/aromatic N) is 1. The van der Waals surface area contributed by atoms with Crippen LogP contribution in [-0.2, 0) is 9.63 Å². The van der Waals surface area contributed by atoms with Crippen LogP contribution >= 0.6 is 0 Å². The molecule has 0 spiro atoms. The average Bonchev–Trinajstić information content (AvgIpc) is 3.35. The molecule has 0 aromatic carbocycles. The lowest BCUT2D eigenvalue weighted by atomic mass is 9.72. The molecule has 2 saturated heterocycles. The molecule has 148 valence electrons. The summed E-state index contributed by atoms with van der Waals surface area (Å²) in [6.45, 7) is 3.47. The molecule has 7 unspecified atom stereocenters. The number of nitrogens with one attached hydrogen (secondary N) is 4. The van der Waals surface area contributed by atoms with E-state index < -0.39 is 6.17 Å². The Morgan fingerprint density at radius 2 is 2.00 bits per heavy atom. The van der Waals surface area contributed by atoms with Crippen LogP contribution in [0.15, 0.2) is 0 Å². The molecule has 0 radical (unpaired) electrons. The summed E-state index contributed by atoms with van der Waals surface area (Å²) < 4.78 is 15.3. The second-order valence-corrected chi connectivity index (χ2v) is 8.42. The Hall–Kier alpha value is -0.800. The van der Waals surface area contributed by atoms with E-state index in [1.807, 2.05) is 19.0 Å². The molecule has 2 heterocycles. The number of alkyl halides is 1. The first kappa shape index (κ1) is 18.6. The number of rotatable bonds is 4. The van der Waals surface area contributed by atoms with Crippen LogP contribution in [0.5, 0.6) is 0 Å². The molecule has 1 amide bonds. The van der Waals surface area contributed by atoms with Gasteiger partial charge in [0.15, 0.2) is 0 Å². The van der Waals surface area contributed by atoms with Crippen molar-refractivity contribution in [1.82, 2.24) is 26.5 Å². The number of amides is 1. The van der Waals surface area contributed by atoms with Crippen LogP contribution in [0.2, 0.25) is 0 Å². The standard InChI is InChI=1S/C18H32FN5O2/c1-3-15-22-17(23-26-15)13-5-4-11-12(16(13)19)6-7-14(11)21-18(25)10-8-20-24(2)9-10/h10-17,20,22-23H,3-9H2,1-2H3,(H,21,25)/t10?,11?,12?,13?,14-,15?,16?,17?/m1/s1. The van der Waals surface area contributed by atoms with E-state index in [1.165, 1.54) is 0 Å². The van der Waals surface area contributed by atoms with Crippen molar-refractivity contribution in [3.63, 3.8) is 0 Å². The van der Waals surface area contributed by atoms with E-state index in [1.54, 1.807) is 0 Å². The predicted octanol–water partition coefficient (Wildman–Crippen LogP) is 0.498. The van der Waals surface area contributed by atoms with Crippen molar-refractivity contribution in [2.24, 2.45) is 23.7 Å². The second-order valence-electron chi connectivity index (χ2n) is 8.42. The maximum atomic E-state index is 15.3. The minimum absolute atomic E-state index is 0.00780. The Balaban J connectivity index is 1.33. The van der Waals surface area contributed by atoms with E-state index in [4.69, 9.17) is 4.84 Å². The molecule has 2 aliphatic heterocycles. The molecule has 4 rings (SSSR count). The van der Waals surface area contributed by atoms with Gasteiger partial charge >= 0.3 is 0 Å². The van der Waals surface area contributed by atoms with Gasteiger partial charge < -0.3 is 5.32 Å². The lowest BCUT2D eigenvalue weighted by Crippen LogP contribution is -2.51. The highest BCUT2D eigenvalue weighted by Gasteiger charge is 2.50. The molecule has 8 heteroatoms. The van der Waals surface area contributed by atoms with E-state index in [0.29, 0.717) is 6.54 Å². The molecule has 26 heavy (non-hydrogen) atoms. The number of hydrogen-bond donors (Lipinski definition) is 4. The van der Waals surface area contributed by atoms with Gasteiger partial charge in [0, 0.05) is 32.1 Å². The Morgan fingerprint density at radius 3 is 2.69 bits per heavy atom. The van der Waals surface area contributed by atoms with E-state index >= 15 is 4.39 Å². The summed E-state index contributed by atoms with van der Waals surface area (Å²) in [4.78, 5) is 18.0. The number of carbonyl (C=O) groups excluding carboxylic acids is 1. The number of halogens is 1. The Bertz CT molecular complexity index is 524. The molecule has 4 aliphatic rings. The average molecular weight is 369 g/mol. The van der Waals surface area contributed by atoms with Gasteiger partial charge in [-0.05, 0) is 43.9 Å². The van der Waals surface area contributed by atoms with Crippen LogP contribution in [0.3, 0.4) is 0 Å². The fourth-order valence-electron chi connectivity index (χ4n) is 5.34. The predicted molar refractivity (Wildman–Crippen MR) is 95.1 cm³/mol. The minimum atomic E-state index is -0.848. The molecule has 0 bridgehead atoms. The monoisotopic (exact) mass is 369 g/mol. The maximum absolute atomic E-state index is 15.3. The SMILES string of the molecule is CCC1NC(C2CCC3C(CC[C@H]3NC(=O)C3CNN(C)C3)C2F)NO1. The van der Waals surface area contributed by atoms with Crippen LogP contribution in [0.4, 0.5) is 4.39 Å². The highest BCUT2D eigenvalue weighted by molar-refractivity contribution is 5.79. The van der Waals surface area contributed by atoms with E-state index in [-0.39, 0.29) is 48.0 Å². The Kier molecular flexibility index (Phi) is 5.48. The number of hydrazine groups is 1. The third-order valence-corrected chi connectivity index (χ3v) is 6.83. The van der Waals surface area contributed by atoms with E-state index in [9.17, 15) is 4.79 Å². The van der Waals surface area contributed by atoms with Crippen molar-refractivity contribution >= 4 is 5.91 Å². The van der Waals surface area contributed by atoms with Gasteiger partial charge in [-0.3, -0.25) is 20.4 Å². The van der Waals surface area contributed by atoms with Gasteiger partial charge in [0.25, 0.3) is 0 Å². The summed E-state index contributed by atoms with van der Waals surface area (Å²) in [6.07, 6.45) is 3.43. The highest BCUT2D eigenvalue weighted by atomic mass is 19.1. The van der Waals surface area contributed by atoms with Gasteiger partial charge in [-0.1, -0.05) is 6.92 Å². The number of carbonyl (C=O) groups is 1. The van der Waals surface area contributed by atoms with Gasteiger partial charge in [-0.25, -0.2) is 9.40 Å². The van der Waals surface area contributed by atoms with Crippen LogP contribution in [0, 0.1) is 23.7 Å². The summed E-state index contributed by atoms with van der Waals surface area (Å²) in [5, 5.41) is 8.54. The zero-order valence-electron chi connectivity index (χ0n) is 15.7. The van der Waals surface area contributed by atoms with Crippen LogP contribution in [0.1, 0.15) is 39.0 Å². The van der Waals surface area contributed by atoms with Crippen LogP contribution in [-0.4, -0.2) is 55.7 Å². The van der Waals surface area contributed by atoms with Gasteiger partial charge in [-0.2, -0.15) is 5.48 Å². The van der Waals surface area contributed by atoms with Crippen LogP contribution < -0.4 is 21.5 Å². The lowest BCUT2D eigenvalue weighted by Gasteiger charge is -2.39. The van der Waals surface area contributed by atoms with Crippen molar-refractivity contribution < 1.29 is 14.0 Å². The summed E-state index contributed by atoms with van der Waals surface area (Å²) in [5.74, 6) is 0.360. The van der Waals surface area contributed by atoms with Crippen molar-refractivity contribution in [2.45, 2.75) is 63.6 Å². The molecule has 4 fully saturated rings. The molecular weight excluding hydrogens is 337 g/mol. The van der Waals surface area contributed by atoms with E-state index in [2.05, 4.69) is 21.5 Å². The third kappa shape index (κ3) is 3.49. The fourth-order valence-corrected chi connectivity index (χ4v) is 5.34. The molecule has 2 aliphatic carbocycles. The summed E-state index contributed by atoms with van der Waals surface area (Å²) in [7, 11) is 1.95. The summed E-state index contributed by atoms with van der Waals surface area (Å²) in [6, 6.07) is 0.127. The van der Waals surface area contributed by atoms with Crippen molar-refractivity contribution in [2.75, 3.05) is 20.1 Å². The molecular formula is C18H32FN5O2. The van der Waals surface area contributed by atoms with Gasteiger partial charge in [0.2, 0.25) is 5.91 Å². The number of hydroxylamine groups is 1. The zero-order valence-corrected chi connectivity index (χ0v) is 15.7. The minimum Gasteiger partial charge on any atom is -0.353 e. The molecule has 0 aromatic heterocycles. The van der Waals surface area contributed by atoms with Crippen molar-refractivity contribution in [3.05, 3.63) is 0 Å². The first-order valence-corrected chi connectivity index (χ1v) is 10.1. The van der Waals surface area contributed by atoms with Crippen molar-refractivity contribution in [1.29, 1.82) is 0 Å². The highest BCUT2D eigenvalue weighted by Crippen LogP contribution is 2.47. The maximum Gasteiger partial charge on any atom is 0.226 e. The van der Waals surface area contributed by atoms with Gasteiger partial charge in [-0.15, -0.1) is 0 Å². The van der Waals surface area contributed by atoms with Gasteiger partial charge in [0.1, 0.15) is 12.4 Å². The third-order valence-electron chi connectivity index (χ3n) is 6.83. The smallest absolute Gasteiger partial charge is 0.226 e. The molecule has 0 aromatic rings. The van der Waals surface area contributed by atoms with E-state index in [0.717, 1.165) is 38.6 Å². The zero-order chi connectivity index (χ0) is 18.3. The number of fused-ring (bicyclic) bond motifs is 1. The van der Waals surface area contributed by atoms with Crippen LogP contribution in [0.25, 0.3) is 0 Å². The lowest BCUT2D eigenvalue weighted by molar-refractivity contribution is -0.125.